The van der Waals surface area contributed by atoms with Crippen molar-refractivity contribution in [1.82, 2.24) is 4.90 Å². The van der Waals surface area contributed by atoms with E-state index in [-0.39, 0.29) is 57.9 Å². The van der Waals surface area contributed by atoms with E-state index in [2.05, 4.69) is 0 Å². The zero-order chi connectivity index (χ0) is 54.3. The largest absolute Gasteiger partial charge is 0.481 e. The minimum atomic E-state index is -2.36. The van der Waals surface area contributed by atoms with Crippen LogP contribution in [0.5, 0.6) is 0 Å². The molecule has 13 N–H and O–H groups in total. The van der Waals surface area contributed by atoms with Crippen LogP contribution in [0.15, 0.2) is 85.1 Å². The Morgan fingerprint density at radius 3 is 1.78 bits per heavy atom. The number of hydrogen-bond donors (Lipinski definition) is 13. The maximum absolute atomic E-state index is 12.7. The molecule has 20 heteroatoms. The van der Waals surface area contributed by atoms with E-state index >= 15 is 0 Å². The average Bonchev–Trinajstić information content (AvgIpc) is 3.31. The monoisotopic (exact) mass is 1040 g/mol. The molecule has 0 amide bonds. The van der Waals surface area contributed by atoms with Gasteiger partial charge in [-0.25, -0.2) is 0 Å². The molecule has 2 bridgehead atoms. The number of aliphatic carboxylic acids is 1. The molecule has 2 fully saturated rings. The van der Waals surface area contributed by atoms with Crippen LogP contribution in [-0.4, -0.2) is 207 Å². The summed E-state index contributed by atoms with van der Waals surface area (Å²) in [4.78, 5) is 27.1. The highest BCUT2D eigenvalue weighted by atomic mass is 16.7. The van der Waals surface area contributed by atoms with Crippen molar-refractivity contribution in [2.45, 2.75) is 189 Å². The van der Waals surface area contributed by atoms with Crippen LogP contribution in [0, 0.1) is 17.8 Å². The van der Waals surface area contributed by atoms with Crippen LogP contribution in [0.3, 0.4) is 0 Å². The van der Waals surface area contributed by atoms with Gasteiger partial charge < -0.3 is 85.3 Å². The summed E-state index contributed by atoms with van der Waals surface area (Å²) in [6.45, 7) is 6.95. The second-order valence-electron chi connectivity index (χ2n) is 19.7. The van der Waals surface area contributed by atoms with Crippen molar-refractivity contribution < 1.29 is 94.9 Å². The summed E-state index contributed by atoms with van der Waals surface area (Å²) in [6, 6.07) is -0.979. The Labute approximate surface area is 429 Å². The first-order valence-electron chi connectivity index (χ1n) is 25.5. The molecule has 0 aromatic heterocycles. The number of carboxylic acids is 1. The van der Waals surface area contributed by atoms with Gasteiger partial charge in [-0.15, -0.1) is 0 Å². The van der Waals surface area contributed by atoms with E-state index in [9.17, 15) is 76.0 Å². The van der Waals surface area contributed by atoms with E-state index in [1.54, 1.807) is 98.6 Å². The number of aliphatic hydroxyl groups excluding tert-OH is 11. The standard InChI is InChI=1S/C53H85NO19/c1-33-19-15-13-11-9-7-5-6-8-10-12-14-16-20-40(72-52-50(66)47(49(65)36(4)71-52)54(23-17-25-55)24-18-26-56)30-44-46(51(67)68)43(62)32-53(69,73-44)31-39(59)28-42(61)41(60)22-21-37(57)27-38(58)29-45(63)70-35(3)34(2)48(33)64/h5-16,19-20,33-44,46-50,52,55-62,64-66,69H,17-18,21-32H2,1-4H3,(H,67,68)/t33-,34-,35-,36+,37+,38+,39-,40-,41+,42+,43-,44-,46+,47-,48+,49+,50-,52-,53+/m0/s1. The van der Waals surface area contributed by atoms with Crippen LogP contribution in [0.2, 0.25) is 0 Å². The summed E-state index contributed by atoms with van der Waals surface area (Å²) < 4.78 is 23.8. The number of cyclic esters (lactones) is 1. The van der Waals surface area contributed by atoms with Gasteiger partial charge >= 0.3 is 11.9 Å². The Balaban J connectivity index is 1.94. The van der Waals surface area contributed by atoms with Gasteiger partial charge in [0.15, 0.2) is 12.1 Å². The molecule has 20 nitrogen and oxygen atoms in total. The van der Waals surface area contributed by atoms with E-state index in [0.29, 0.717) is 12.8 Å². The van der Waals surface area contributed by atoms with Gasteiger partial charge in [-0.1, -0.05) is 98.9 Å². The Kier molecular flexibility index (Phi) is 28.7. The van der Waals surface area contributed by atoms with Crippen LogP contribution >= 0.6 is 0 Å². The molecule has 0 aliphatic carbocycles. The molecule has 3 aliphatic rings. The summed E-state index contributed by atoms with van der Waals surface area (Å²) in [5.41, 5.74) is 0. The number of nitrogens with zero attached hydrogens (tertiary/aromatic N) is 1. The van der Waals surface area contributed by atoms with Gasteiger partial charge in [0.2, 0.25) is 0 Å². The lowest BCUT2D eigenvalue weighted by molar-refractivity contribution is -0.312. The molecule has 3 heterocycles. The number of hydrogen-bond acceptors (Lipinski definition) is 19. The number of carboxylic acid groups (broad SMARTS) is 1. The number of ether oxygens (including phenoxy) is 4. The summed E-state index contributed by atoms with van der Waals surface area (Å²) in [5, 5.41) is 140. The number of fused-ring (bicyclic) bond motifs is 2. The maximum atomic E-state index is 12.7. The smallest absolute Gasteiger partial charge is 0.311 e. The van der Waals surface area contributed by atoms with Gasteiger partial charge in [0.05, 0.1) is 79.6 Å². The Hall–Kier alpha value is -3.52. The predicted molar refractivity (Wildman–Crippen MR) is 268 cm³/mol. The third-order valence-electron chi connectivity index (χ3n) is 13.6. The Morgan fingerprint density at radius 2 is 1.22 bits per heavy atom. The molecule has 0 unspecified atom stereocenters. The van der Waals surface area contributed by atoms with Gasteiger partial charge in [0.25, 0.3) is 0 Å². The second-order valence-corrected chi connectivity index (χ2v) is 19.7. The molecule has 0 radical (unpaired) electrons. The first-order valence-corrected chi connectivity index (χ1v) is 25.5. The predicted octanol–water partition coefficient (Wildman–Crippen LogP) is 0.820. The van der Waals surface area contributed by atoms with Crippen molar-refractivity contribution in [3.8, 4) is 0 Å². The molecule has 0 aromatic carbocycles. The van der Waals surface area contributed by atoms with Gasteiger partial charge in [-0.2, -0.15) is 0 Å². The number of aliphatic hydroxyl groups is 12. The topological polar surface area (TPSA) is 337 Å². The van der Waals surface area contributed by atoms with Crippen LogP contribution in [0.25, 0.3) is 0 Å². The summed E-state index contributed by atoms with van der Waals surface area (Å²) in [5.74, 6) is -6.95. The minimum Gasteiger partial charge on any atom is -0.481 e. The van der Waals surface area contributed by atoms with Gasteiger partial charge in [-0.05, 0) is 46.0 Å². The van der Waals surface area contributed by atoms with Crippen LogP contribution in [-0.2, 0) is 28.5 Å². The fraction of sp³-hybridized carbons (Fsp3) is 0.698. The van der Waals surface area contributed by atoms with Crippen molar-refractivity contribution in [2.75, 3.05) is 26.3 Å². The van der Waals surface area contributed by atoms with Crippen LogP contribution < -0.4 is 0 Å². The summed E-state index contributed by atoms with van der Waals surface area (Å²) >= 11 is 0. The van der Waals surface area contributed by atoms with Crippen molar-refractivity contribution in [2.24, 2.45) is 17.8 Å². The van der Waals surface area contributed by atoms with Crippen molar-refractivity contribution >= 4 is 11.9 Å². The molecular weight excluding hydrogens is 955 g/mol. The lowest BCUT2D eigenvalue weighted by atomic mass is 9.82. The van der Waals surface area contributed by atoms with Crippen LogP contribution in [0.1, 0.15) is 91.9 Å². The molecule has 19 atom stereocenters. The van der Waals surface area contributed by atoms with Crippen molar-refractivity contribution in [1.29, 1.82) is 0 Å². The highest BCUT2D eigenvalue weighted by molar-refractivity contribution is 5.71. The fourth-order valence-corrected chi connectivity index (χ4v) is 9.30. The third kappa shape index (κ3) is 21.9. The van der Waals surface area contributed by atoms with Gasteiger partial charge in [0, 0.05) is 63.8 Å². The van der Waals surface area contributed by atoms with Gasteiger partial charge in [0.1, 0.15) is 18.1 Å². The third-order valence-corrected chi connectivity index (χ3v) is 13.6. The van der Waals surface area contributed by atoms with Crippen molar-refractivity contribution in [3.05, 3.63) is 85.1 Å². The number of allylic oxidation sites excluding steroid dienone is 12. The zero-order valence-corrected chi connectivity index (χ0v) is 42.6. The minimum absolute atomic E-state index is 0.121. The summed E-state index contributed by atoms with van der Waals surface area (Å²) in [7, 11) is 0. The number of carbonyl (C=O) groups is 2. The molecule has 0 spiro atoms. The SMILES string of the molecule is C[C@@H]1[C@H](O)[C@@H](C)C=CC=CC=CC=CC=CC=CC=C[C@H](O[C@@H]2O[C@H](C)[C@@H](O)[C@H](N(CCCO)CCCO)[C@@H]2O)C[C@@H]2O[C@](O)(C[C@@H](O)C[C@@H](O)[C@H](O)CC[C@@H](O)C[C@@H](O)CC(=O)O[C@H]1C)C[C@H](O)[C@H]2C(=O)O. The van der Waals surface area contributed by atoms with Gasteiger partial charge in [-0.3, -0.25) is 14.5 Å². The van der Waals surface area contributed by atoms with E-state index in [1.807, 2.05) is 13.0 Å². The lowest BCUT2D eigenvalue weighted by Gasteiger charge is -2.47. The molecule has 2 saturated heterocycles. The van der Waals surface area contributed by atoms with E-state index in [0.717, 1.165) is 0 Å². The van der Waals surface area contributed by atoms with Crippen LogP contribution in [0.4, 0.5) is 0 Å². The number of carbonyl (C=O) groups excluding carboxylic acids is 1. The fourth-order valence-electron chi connectivity index (χ4n) is 9.30. The highest BCUT2D eigenvalue weighted by Crippen LogP contribution is 2.38. The number of esters is 1. The van der Waals surface area contributed by atoms with E-state index in [1.165, 1.54) is 6.08 Å². The highest BCUT2D eigenvalue weighted by Gasteiger charge is 2.51. The normalized spacial score (nSPS) is 38.8. The molecule has 73 heavy (non-hydrogen) atoms. The average molecular weight is 1040 g/mol. The quantitative estimate of drug-likeness (QED) is 0.135. The number of rotatable bonds is 10. The molecular formula is C53H85NO19. The lowest BCUT2D eigenvalue weighted by Crippen LogP contribution is -2.64. The second kappa shape index (κ2) is 32.8. The maximum Gasteiger partial charge on any atom is 0.311 e. The first kappa shape index (κ1) is 63.8. The molecule has 416 valence electrons. The molecule has 0 aromatic rings. The first-order chi connectivity index (χ1) is 34.6. The zero-order valence-electron chi connectivity index (χ0n) is 42.6. The van der Waals surface area contributed by atoms with Crippen molar-refractivity contribution in [3.63, 3.8) is 0 Å². The molecule has 3 aliphatic heterocycles. The van der Waals surface area contributed by atoms with E-state index in [4.69, 9.17) is 18.9 Å². The molecule has 3 rings (SSSR count). The Bertz CT molecular complexity index is 1820. The summed E-state index contributed by atoms with van der Waals surface area (Å²) in [6.07, 6.45) is 3.53. The molecule has 0 saturated carbocycles. The van der Waals surface area contributed by atoms with E-state index < -0.39 is 147 Å². The Morgan fingerprint density at radius 1 is 0.658 bits per heavy atom.